The number of rotatable bonds is 11. The molecule has 1 amide bonds. The smallest absolute Gasteiger partial charge is 0.234 e. The molecule has 9 heteroatoms. The van der Waals surface area contributed by atoms with Crippen LogP contribution in [0.15, 0.2) is 60.3 Å². The minimum atomic E-state index is -0.137. The van der Waals surface area contributed by atoms with Gasteiger partial charge in [-0.25, -0.2) is 0 Å². The number of carbonyl (C=O) groups is 1. The van der Waals surface area contributed by atoms with Crippen LogP contribution in [0.5, 0.6) is 11.5 Å². The maximum absolute atomic E-state index is 12.4. The lowest BCUT2D eigenvalue weighted by molar-refractivity contribution is -0.113. The van der Waals surface area contributed by atoms with E-state index in [0.29, 0.717) is 34.8 Å². The average molecular weight is 473 g/mol. The van der Waals surface area contributed by atoms with Crippen LogP contribution in [0.4, 0.5) is 5.69 Å². The molecule has 0 fully saturated rings. The molecule has 3 rings (SSSR count). The van der Waals surface area contributed by atoms with Crippen molar-refractivity contribution in [2.45, 2.75) is 32.2 Å². The van der Waals surface area contributed by atoms with E-state index in [2.05, 4.69) is 22.1 Å². The normalized spacial score (nSPS) is 10.6. The summed E-state index contributed by atoms with van der Waals surface area (Å²) < 4.78 is 13.2. The van der Waals surface area contributed by atoms with Crippen molar-refractivity contribution in [3.8, 4) is 11.5 Å². The highest BCUT2D eigenvalue weighted by molar-refractivity contribution is 7.99. The molecule has 2 aromatic carbocycles. The highest BCUT2D eigenvalue weighted by Gasteiger charge is 2.15. The molecule has 32 heavy (non-hydrogen) atoms. The lowest BCUT2D eigenvalue weighted by Gasteiger charge is -2.11. The van der Waals surface area contributed by atoms with Gasteiger partial charge in [-0.1, -0.05) is 29.4 Å². The topological polar surface area (TPSA) is 78.3 Å². The van der Waals surface area contributed by atoms with Gasteiger partial charge in [-0.2, -0.15) is 0 Å². The van der Waals surface area contributed by atoms with Crippen LogP contribution in [0.1, 0.15) is 18.3 Å². The van der Waals surface area contributed by atoms with Gasteiger partial charge < -0.3 is 14.8 Å². The van der Waals surface area contributed by atoms with Crippen LogP contribution in [0, 0.1) is 6.92 Å². The summed E-state index contributed by atoms with van der Waals surface area (Å²) in [6.07, 6.45) is 1.75. The predicted molar refractivity (Wildman–Crippen MR) is 128 cm³/mol. The zero-order chi connectivity index (χ0) is 22.9. The van der Waals surface area contributed by atoms with Crippen molar-refractivity contribution in [1.82, 2.24) is 14.8 Å². The fourth-order valence-electron chi connectivity index (χ4n) is 2.89. The third kappa shape index (κ3) is 6.51. The molecule has 0 bridgehead atoms. The lowest BCUT2D eigenvalue weighted by Crippen LogP contribution is -2.15. The predicted octanol–water partition coefficient (Wildman–Crippen LogP) is 5.13. The summed E-state index contributed by atoms with van der Waals surface area (Å²) in [5.41, 5.74) is 1.65. The molecular weight excluding hydrogens is 448 g/mol. The zero-order valence-electron chi connectivity index (χ0n) is 18.0. The summed E-state index contributed by atoms with van der Waals surface area (Å²) in [5, 5.41) is 12.6. The van der Waals surface area contributed by atoms with Gasteiger partial charge >= 0.3 is 0 Å². The number of nitrogens with one attached hydrogen (secondary N) is 1. The summed E-state index contributed by atoms with van der Waals surface area (Å²) in [7, 11) is 0. The number of hydrogen-bond acceptors (Lipinski definition) is 6. The van der Waals surface area contributed by atoms with Crippen molar-refractivity contribution in [1.29, 1.82) is 0 Å². The fourth-order valence-corrected chi connectivity index (χ4v) is 3.88. The van der Waals surface area contributed by atoms with E-state index in [1.54, 1.807) is 12.1 Å². The van der Waals surface area contributed by atoms with Gasteiger partial charge in [0.1, 0.15) is 18.1 Å². The van der Waals surface area contributed by atoms with Crippen LogP contribution in [0.3, 0.4) is 0 Å². The van der Waals surface area contributed by atoms with E-state index < -0.39 is 0 Å². The highest BCUT2D eigenvalue weighted by atomic mass is 35.5. The van der Waals surface area contributed by atoms with Crippen molar-refractivity contribution >= 4 is 35.0 Å². The standard InChI is InChI=1S/C23H25ClN4O3S/c1-4-12-28-21(14-31-20-11-6-17(24)13-16(20)3)26-27-23(28)32-15-22(29)25-18-7-9-19(10-8-18)30-5-2/h4,6-11,13H,1,5,12,14-15H2,2-3H3,(H,25,29). The van der Waals surface area contributed by atoms with Gasteiger partial charge in [-0.05, 0) is 61.9 Å². The van der Waals surface area contributed by atoms with Crippen LogP contribution in [-0.2, 0) is 17.9 Å². The van der Waals surface area contributed by atoms with Crippen LogP contribution < -0.4 is 14.8 Å². The number of carbonyl (C=O) groups excluding carboxylic acids is 1. The molecule has 0 saturated carbocycles. The Morgan fingerprint density at radius 1 is 1.22 bits per heavy atom. The largest absolute Gasteiger partial charge is 0.494 e. The SMILES string of the molecule is C=CCn1c(COc2ccc(Cl)cc2C)nnc1SCC(=O)Nc1ccc(OCC)cc1. The minimum absolute atomic E-state index is 0.137. The second-order valence-electron chi connectivity index (χ2n) is 6.79. The second-order valence-corrected chi connectivity index (χ2v) is 8.17. The number of aryl methyl sites for hydroxylation is 1. The maximum atomic E-state index is 12.4. The molecule has 0 aliphatic rings. The summed E-state index contributed by atoms with van der Waals surface area (Å²) in [4.78, 5) is 12.4. The minimum Gasteiger partial charge on any atom is -0.494 e. The molecule has 0 aliphatic carbocycles. The highest BCUT2D eigenvalue weighted by Crippen LogP contribution is 2.24. The van der Waals surface area contributed by atoms with Gasteiger partial charge in [0.25, 0.3) is 0 Å². The Morgan fingerprint density at radius 2 is 2.00 bits per heavy atom. The van der Waals surface area contributed by atoms with Crippen LogP contribution in [0.25, 0.3) is 0 Å². The number of anilines is 1. The van der Waals surface area contributed by atoms with E-state index in [1.165, 1.54) is 11.8 Å². The van der Waals surface area contributed by atoms with Gasteiger partial charge in [-0.15, -0.1) is 16.8 Å². The van der Waals surface area contributed by atoms with Crippen LogP contribution >= 0.6 is 23.4 Å². The zero-order valence-corrected chi connectivity index (χ0v) is 19.6. The summed E-state index contributed by atoms with van der Waals surface area (Å²) in [5.74, 6) is 2.20. The molecule has 7 nitrogen and oxygen atoms in total. The number of ether oxygens (including phenoxy) is 2. The quantitative estimate of drug-likeness (QED) is 0.307. The van der Waals surface area contributed by atoms with Gasteiger partial charge in [0.05, 0.1) is 12.4 Å². The first-order valence-corrected chi connectivity index (χ1v) is 11.4. The molecule has 1 aromatic heterocycles. The van der Waals surface area contributed by atoms with E-state index in [1.807, 2.05) is 54.8 Å². The molecule has 0 aliphatic heterocycles. The van der Waals surface area contributed by atoms with Crippen molar-refractivity contribution < 1.29 is 14.3 Å². The lowest BCUT2D eigenvalue weighted by atomic mass is 10.2. The third-order valence-corrected chi connectivity index (χ3v) is 5.58. The first kappa shape index (κ1) is 23.7. The number of benzene rings is 2. The van der Waals surface area contributed by atoms with Crippen molar-refractivity contribution in [3.05, 3.63) is 71.5 Å². The summed E-state index contributed by atoms with van der Waals surface area (Å²) in [6, 6.07) is 12.7. The molecule has 3 aromatic rings. The van der Waals surface area contributed by atoms with E-state index in [-0.39, 0.29) is 18.3 Å². The first-order valence-electron chi connectivity index (χ1n) is 10.1. The number of aromatic nitrogens is 3. The Morgan fingerprint density at radius 3 is 2.69 bits per heavy atom. The maximum Gasteiger partial charge on any atom is 0.234 e. The number of amides is 1. The second kappa shape index (κ2) is 11.6. The number of nitrogens with zero attached hydrogens (tertiary/aromatic N) is 3. The van der Waals surface area contributed by atoms with Crippen molar-refractivity contribution in [3.63, 3.8) is 0 Å². The summed E-state index contributed by atoms with van der Waals surface area (Å²) >= 11 is 7.31. The molecule has 1 heterocycles. The molecule has 0 atom stereocenters. The average Bonchev–Trinajstić information content (AvgIpc) is 3.15. The number of allylic oxidation sites excluding steroid dienone is 1. The molecular formula is C23H25ClN4O3S. The Kier molecular flexibility index (Phi) is 8.58. The first-order chi connectivity index (χ1) is 15.5. The van der Waals surface area contributed by atoms with Crippen LogP contribution in [-0.4, -0.2) is 33.0 Å². The summed E-state index contributed by atoms with van der Waals surface area (Å²) in [6.45, 7) is 9.00. The van der Waals surface area contributed by atoms with Gasteiger partial charge in [-0.3, -0.25) is 9.36 Å². The molecule has 1 N–H and O–H groups in total. The van der Waals surface area contributed by atoms with E-state index in [0.717, 1.165) is 17.1 Å². The monoisotopic (exact) mass is 472 g/mol. The molecule has 0 radical (unpaired) electrons. The van der Waals surface area contributed by atoms with Gasteiger partial charge in [0.2, 0.25) is 5.91 Å². The van der Waals surface area contributed by atoms with Crippen molar-refractivity contribution in [2.75, 3.05) is 17.7 Å². The Bertz CT molecular complexity index is 1070. The number of thioether (sulfide) groups is 1. The molecule has 0 spiro atoms. The van der Waals surface area contributed by atoms with Gasteiger partial charge in [0, 0.05) is 17.3 Å². The number of halogens is 1. The number of hydrogen-bond donors (Lipinski definition) is 1. The molecule has 0 unspecified atom stereocenters. The van der Waals surface area contributed by atoms with E-state index in [9.17, 15) is 4.79 Å². The molecule has 0 saturated heterocycles. The third-order valence-electron chi connectivity index (χ3n) is 4.38. The molecule has 168 valence electrons. The van der Waals surface area contributed by atoms with Gasteiger partial charge in [0.15, 0.2) is 11.0 Å². The van der Waals surface area contributed by atoms with Crippen molar-refractivity contribution in [2.24, 2.45) is 0 Å². The van der Waals surface area contributed by atoms with E-state index in [4.69, 9.17) is 21.1 Å². The Balaban J connectivity index is 1.59. The van der Waals surface area contributed by atoms with E-state index >= 15 is 0 Å². The Labute approximate surface area is 196 Å². The Hall–Kier alpha value is -2.97. The van der Waals surface area contributed by atoms with Crippen LogP contribution in [0.2, 0.25) is 5.02 Å². The fraction of sp³-hybridized carbons (Fsp3) is 0.261.